The molecule has 0 aliphatic carbocycles. The van der Waals surface area contributed by atoms with Crippen LogP contribution in [-0.4, -0.2) is 31.1 Å². The first-order valence-corrected chi connectivity index (χ1v) is 8.10. The Hall–Kier alpha value is -1.08. The van der Waals surface area contributed by atoms with E-state index in [1.54, 1.807) is 12.1 Å². The Bertz CT molecular complexity index is 671. The highest BCUT2D eigenvalue weighted by Gasteiger charge is 2.28. The minimum atomic E-state index is -1.18. The molecule has 0 spiro atoms. The predicted molar refractivity (Wildman–Crippen MR) is 81.9 cm³/mol. The molecule has 118 valence electrons. The van der Waals surface area contributed by atoms with Crippen LogP contribution in [0.4, 0.5) is 13.2 Å². The maximum absolute atomic E-state index is 14.3. The lowest BCUT2D eigenvalue weighted by Gasteiger charge is -2.34. The quantitative estimate of drug-likeness (QED) is 0.850. The molecular formula is C15H14ClF3N2S. The Morgan fingerprint density at radius 2 is 1.73 bits per heavy atom. The van der Waals surface area contributed by atoms with Crippen LogP contribution in [0.1, 0.15) is 16.5 Å². The molecule has 0 saturated carbocycles. The minimum Gasteiger partial charge on any atom is -0.314 e. The second-order valence-corrected chi connectivity index (χ2v) is 6.86. The van der Waals surface area contributed by atoms with Gasteiger partial charge in [0, 0.05) is 42.7 Å². The molecular weight excluding hydrogens is 333 g/mol. The standard InChI is InChI=1S/C15H14ClF3N2S/c16-14-2-1-13(22-14)15(21-5-3-20-4-6-21)9-7-11(18)12(19)8-10(9)17/h1-2,7-8,15,20H,3-6H2/t15-/m0/s1. The molecule has 0 radical (unpaired) electrons. The fraction of sp³-hybridized carbons (Fsp3) is 0.333. The number of nitrogens with one attached hydrogen (secondary N) is 1. The third kappa shape index (κ3) is 3.15. The molecule has 1 aromatic carbocycles. The van der Waals surface area contributed by atoms with Crippen LogP contribution in [0.2, 0.25) is 4.34 Å². The molecule has 1 fully saturated rings. The van der Waals surface area contributed by atoms with Gasteiger partial charge < -0.3 is 5.32 Å². The molecule has 1 atom stereocenters. The lowest BCUT2D eigenvalue weighted by molar-refractivity contribution is 0.197. The number of hydrogen-bond donors (Lipinski definition) is 1. The lowest BCUT2D eigenvalue weighted by Crippen LogP contribution is -2.45. The summed E-state index contributed by atoms with van der Waals surface area (Å²) < 4.78 is 41.7. The van der Waals surface area contributed by atoms with Gasteiger partial charge >= 0.3 is 0 Å². The van der Waals surface area contributed by atoms with Gasteiger partial charge in [-0.15, -0.1) is 11.3 Å². The summed E-state index contributed by atoms with van der Waals surface area (Å²) in [7, 11) is 0. The largest absolute Gasteiger partial charge is 0.314 e. The molecule has 0 bridgehead atoms. The van der Waals surface area contributed by atoms with Gasteiger partial charge in [0.15, 0.2) is 11.6 Å². The van der Waals surface area contributed by atoms with Crippen molar-refractivity contribution in [2.45, 2.75) is 6.04 Å². The first-order valence-electron chi connectivity index (χ1n) is 6.90. The summed E-state index contributed by atoms with van der Waals surface area (Å²) in [5.41, 5.74) is 0.138. The molecule has 1 aliphatic rings. The Morgan fingerprint density at radius 1 is 1.05 bits per heavy atom. The van der Waals surface area contributed by atoms with E-state index in [1.807, 2.05) is 0 Å². The Morgan fingerprint density at radius 3 is 2.36 bits per heavy atom. The van der Waals surface area contributed by atoms with Crippen LogP contribution < -0.4 is 5.32 Å². The molecule has 3 rings (SSSR count). The minimum absolute atomic E-state index is 0.138. The highest BCUT2D eigenvalue weighted by molar-refractivity contribution is 7.16. The number of benzene rings is 1. The van der Waals surface area contributed by atoms with E-state index >= 15 is 0 Å². The molecule has 0 unspecified atom stereocenters. The molecule has 22 heavy (non-hydrogen) atoms. The van der Waals surface area contributed by atoms with Crippen LogP contribution in [0.5, 0.6) is 0 Å². The van der Waals surface area contributed by atoms with Crippen LogP contribution in [-0.2, 0) is 0 Å². The van der Waals surface area contributed by atoms with Crippen molar-refractivity contribution >= 4 is 22.9 Å². The molecule has 1 aliphatic heterocycles. The van der Waals surface area contributed by atoms with Crippen LogP contribution >= 0.6 is 22.9 Å². The van der Waals surface area contributed by atoms with Crippen LogP contribution in [0.3, 0.4) is 0 Å². The predicted octanol–water partition coefficient (Wildman–Crippen LogP) is 3.81. The van der Waals surface area contributed by atoms with Crippen molar-refractivity contribution in [3.63, 3.8) is 0 Å². The average molecular weight is 347 g/mol. The highest BCUT2D eigenvalue weighted by atomic mass is 35.5. The maximum Gasteiger partial charge on any atom is 0.161 e. The van der Waals surface area contributed by atoms with Gasteiger partial charge in [-0.25, -0.2) is 13.2 Å². The van der Waals surface area contributed by atoms with E-state index in [9.17, 15) is 13.2 Å². The van der Waals surface area contributed by atoms with E-state index in [1.165, 1.54) is 11.3 Å². The van der Waals surface area contributed by atoms with Gasteiger partial charge in [0.25, 0.3) is 0 Å². The number of piperazine rings is 1. The van der Waals surface area contributed by atoms with Crippen molar-refractivity contribution in [3.05, 3.63) is 56.5 Å². The van der Waals surface area contributed by atoms with Gasteiger partial charge in [-0.2, -0.15) is 0 Å². The first kappa shape index (κ1) is 15.8. The van der Waals surface area contributed by atoms with Crippen LogP contribution in [0.25, 0.3) is 0 Å². The second kappa shape index (κ2) is 6.58. The molecule has 0 amide bonds. The van der Waals surface area contributed by atoms with Gasteiger partial charge in [-0.05, 0) is 18.2 Å². The highest BCUT2D eigenvalue weighted by Crippen LogP contribution is 2.37. The monoisotopic (exact) mass is 346 g/mol. The Kier molecular flexibility index (Phi) is 4.73. The molecule has 2 heterocycles. The number of halogens is 4. The summed E-state index contributed by atoms with van der Waals surface area (Å²) in [5, 5.41) is 3.22. The van der Waals surface area contributed by atoms with Crippen LogP contribution in [0.15, 0.2) is 24.3 Å². The third-order valence-corrected chi connectivity index (χ3v) is 5.00. The molecule has 1 N–H and O–H groups in total. The van der Waals surface area contributed by atoms with E-state index in [-0.39, 0.29) is 5.56 Å². The fourth-order valence-corrected chi connectivity index (χ4v) is 3.91. The lowest BCUT2D eigenvalue weighted by atomic mass is 10.0. The van der Waals surface area contributed by atoms with Gasteiger partial charge in [-0.3, -0.25) is 4.90 Å². The Balaban J connectivity index is 2.06. The molecule has 2 nitrogen and oxygen atoms in total. The van der Waals surface area contributed by atoms with Crippen molar-refractivity contribution in [1.29, 1.82) is 0 Å². The molecule has 7 heteroatoms. The van der Waals surface area contributed by atoms with Gasteiger partial charge in [0.2, 0.25) is 0 Å². The number of rotatable bonds is 3. The average Bonchev–Trinajstić information content (AvgIpc) is 2.92. The van der Waals surface area contributed by atoms with E-state index in [0.717, 1.165) is 24.0 Å². The third-order valence-electron chi connectivity index (χ3n) is 3.71. The summed E-state index contributed by atoms with van der Waals surface area (Å²) in [5.74, 6) is -2.96. The molecule has 2 aromatic rings. The zero-order valence-electron chi connectivity index (χ0n) is 11.6. The first-order chi connectivity index (χ1) is 10.6. The van der Waals surface area contributed by atoms with Gasteiger partial charge in [0.1, 0.15) is 5.82 Å². The summed E-state index contributed by atoms with van der Waals surface area (Å²) in [6.07, 6.45) is 0. The zero-order valence-corrected chi connectivity index (χ0v) is 13.2. The van der Waals surface area contributed by atoms with E-state index in [4.69, 9.17) is 11.6 Å². The summed E-state index contributed by atoms with van der Waals surface area (Å²) in [6, 6.07) is 4.63. The van der Waals surface area contributed by atoms with Gasteiger partial charge in [-0.1, -0.05) is 11.6 Å². The second-order valence-electron chi connectivity index (χ2n) is 5.12. The van der Waals surface area contributed by atoms with Crippen molar-refractivity contribution < 1.29 is 13.2 Å². The summed E-state index contributed by atoms with van der Waals surface area (Å²) >= 11 is 7.31. The zero-order chi connectivity index (χ0) is 15.7. The van der Waals surface area contributed by atoms with E-state index < -0.39 is 23.5 Å². The topological polar surface area (TPSA) is 15.3 Å². The van der Waals surface area contributed by atoms with Crippen LogP contribution in [0, 0.1) is 17.5 Å². The van der Waals surface area contributed by atoms with E-state index in [0.29, 0.717) is 23.5 Å². The van der Waals surface area contributed by atoms with E-state index in [2.05, 4.69) is 10.2 Å². The molecule has 1 aromatic heterocycles. The fourth-order valence-electron chi connectivity index (χ4n) is 2.69. The number of nitrogens with zero attached hydrogens (tertiary/aromatic N) is 1. The smallest absolute Gasteiger partial charge is 0.161 e. The maximum atomic E-state index is 14.3. The Labute approximate surface area is 135 Å². The van der Waals surface area contributed by atoms with Crippen molar-refractivity contribution in [2.75, 3.05) is 26.2 Å². The SMILES string of the molecule is Fc1cc(F)c([C@@H](c2ccc(Cl)s2)N2CCNCC2)cc1F. The number of thiophene rings is 1. The summed E-state index contributed by atoms with van der Waals surface area (Å²) in [6.45, 7) is 2.92. The van der Waals surface area contributed by atoms with Crippen molar-refractivity contribution in [3.8, 4) is 0 Å². The van der Waals surface area contributed by atoms with Gasteiger partial charge in [0.05, 0.1) is 10.4 Å². The van der Waals surface area contributed by atoms with Crippen molar-refractivity contribution in [2.24, 2.45) is 0 Å². The normalized spacial score (nSPS) is 17.6. The number of hydrogen-bond acceptors (Lipinski definition) is 3. The molecule has 1 saturated heterocycles. The summed E-state index contributed by atoms with van der Waals surface area (Å²) in [4.78, 5) is 2.87. The van der Waals surface area contributed by atoms with Crippen molar-refractivity contribution in [1.82, 2.24) is 10.2 Å².